The van der Waals surface area contributed by atoms with Gasteiger partial charge in [-0.1, -0.05) is 12.8 Å². The lowest BCUT2D eigenvalue weighted by molar-refractivity contribution is 0.0121. The Morgan fingerprint density at radius 1 is 1.20 bits per heavy atom. The summed E-state index contributed by atoms with van der Waals surface area (Å²) in [5.74, 6) is 0. The fourth-order valence-corrected chi connectivity index (χ4v) is 1.51. The van der Waals surface area contributed by atoms with Crippen molar-refractivity contribution >= 4 is 6.09 Å². The fraction of sp³-hybridized carbons (Fsp3) is 0.909. The van der Waals surface area contributed by atoms with E-state index in [1.807, 2.05) is 20.8 Å². The number of hydrogen-bond donors (Lipinski definition) is 1. The zero-order chi connectivity index (χ0) is 11.3. The maximum Gasteiger partial charge on any atom is 0.424 e. The molecular weight excluding hydrogens is 192 g/mol. The van der Waals surface area contributed by atoms with Crippen molar-refractivity contribution in [2.24, 2.45) is 0 Å². The minimum Gasteiger partial charge on any atom is -0.443 e. The average Bonchev–Trinajstić information content (AvgIpc) is 1.98. The lowest BCUT2D eigenvalue weighted by atomic mass is 10.2. The second-order valence-corrected chi connectivity index (χ2v) is 4.95. The van der Waals surface area contributed by atoms with Gasteiger partial charge in [-0.2, -0.15) is 0 Å². The van der Waals surface area contributed by atoms with E-state index < -0.39 is 5.60 Å². The monoisotopic (exact) mass is 214 g/mol. The first-order valence-electron chi connectivity index (χ1n) is 5.73. The predicted molar refractivity (Wildman–Crippen MR) is 59.4 cm³/mol. The molecule has 15 heavy (non-hydrogen) atoms. The summed E-state index contributed by atoms with van der Waals surface area (Å²) in [5.41, 5.74) is 2.69. The maximum atomic E-state index is 11.7. The zero-order valence-corrected chi connectivity index (χ0v) is 10.0. The standard InChI is InChI=1S/C11H22N2O2/c1-11(2,3)15-10(14)13-9-7-5-4-6-8-12-13/h12H,4-9H2,1-3H3. The van der Waals surface area contributed by atoms with Crippen LogP contribution in [-0.4, -0.2) is 29.8 Å². The van der Waals surface area contributed by atoms with E-state index in [2.05, 4.69) is 5.43 Å². The largest absolute Gasteiger partial charge is 0.443 e. The first kappa shape index (κ1) is 12.3. The average molecular weight is 214 g/mol. The summed E-state index contributed by atoms with van der Waals surface area (Å²) in [5, 5.41) is 1.60. The van der Waals surface area contributed by atoms with Crippen molar-refractivity contribution in [2.45, 2.75) is 52.1 Å². The molecular formula is C11H22N2O2. The van der Waals surface area contributed by atoms with E-state index in [0.717, 1.165) is 25.9 Å². The van der Waals surface area contributed by atoms with Crippen LogP contribution in [0.5, 0.6) is 0 Å². The Hall–Kier alpha value is -0.770. The molecule has 0 aromatic heterocycles. The van der Waals surface area contributed by atoms with Crippen LogP contribution < -0.4 is 5.43 Å². The highest BCUT2D eigenvalue weighted by molar-refractivity contribution is 5.67. The van der Waals surface area contributed by atoms with Crippen LogP contribution in [0.3, 0.4) is 0 Å². The number of carbonyl (C=O) groups excluding carboxylic acids is 1. The number of carbonyl (C=O) groups is 1. The second-order valence-electron chi connectivity index (χ2n) is 4.95. The molecule has 0 atom stereocenters. The SMILES string of the molecule is CC(C)(C)OC(=O)N1CCCCCCN1. The van der Waals surface area contributed by atoms with E-state index in [4.69, 9.17) is 4.74 Å². The molecule has 0 saturated carbocycles. The minimum absolute atomic E-state index is 0.260. The van der Waals surface area contributed by atoms with Gasteiger partial charge >= 0.3 is 6.09 Å². The molecule has 0 unspecified atom stereocenters. The van der Waals surface area contributed by atoms with E-state index in [-0.39, 0.29) is 6.09 Å². The minimum atomic E-state index is -0.416. The third-order valence-electron chi connectivity index (χ3n) is 2.23. The van der Waals surface area contributed by atoms with Gasteiger partial charge in [0.25, 0.3) is 0 Å². The van der Waals surface area contributed by atoms with Crippen molar-refractivity contribution in [3.63, 3.8) is 0 Å². The molecule has 1 rings (SSSR count). The van der Waals surface area contributed by atoms with Crippen LogP contribution in [0.15, 0.2) is 0 Å². The Bertz CT molecular complexity index is 203. The van der Waals surface area contributed by atoms with E-state index in [0.29, 0.717) is 0 Å². The van der Waals surface area contributed by atoms with Gasteiger partial charge in [0.2, 0.25) is 0 Å². The molecule has 0 aromatic carbocycles. The molecule has 0 bridgehead atoms. The van der Waals surface area contributed by atoms with Crippen LogP contribution in [0.1, 0.15) is 46.5 Å². The van der Waals surface area contributed by atoms with Gasteiger partial charge in [-0.25, -0.2) is 15.2 Å². The molecule has 0 spiro atoms. The van der Waals surface area contributed by atoms with E-state index in [9.17, 15) is 4.79 Å². The molecule has 4 nitrogen and oxygen atoms in total. The Morgan fingerprint density at radius 3 is 2.53 bits per heavy atom. The van der Waals surface area contributed by atoms with Gasteiger partial charge < -0.3 is 4.74 Å². The Balaban J connectivity index is 2.42. The fourth-order valence-electron chi connectivity index (χ4n) is 1.51. The predicted octanol–water partition coefficient (Wildman–Crippen LogP) is 2.30. The highest BCUT2D eigenvalue weighted by atomic mass is 16.6. The molecule has 1 amide bonds. The molecule has 1 heterocycles. The Morgan fingerprint density at radius 2 is 1.87 bits per heavy atom. The first-order chi connectivity index (χ1) is 6.99. The van der Waals surface area contributed by atoms with Gasteiger partial charge in [-0.15, -0.1) is 0 Å². The topological polar surface area (TPSA) is 41.6 Å². The maximum absolute atomic E-state index is 11.7. The van der Waals surface area contributed by atoms with Crippen molar-refractivity contribution < 1.29 is 9.53 Å². The molecule has 4 heteroatoms. The van der Waals surface area contributed by atoms with Gasteiger partial charge in [0.1, 0.15) is 5.60 Å². The van der Waals surface area contributed by atoms with Crippen molar-refractivity contribution in [3.8, 4) is 0 Å². The molecule has 0 radical (unpaired) electrons. The summed E-state index contributed by atoms with van der Waals surface area (Å²) >= 11 is 0. The van der Waals surface area contributed by atoms with E-state index >= 15 is 0 Å². The highest BCUT2D eigenvalue weighted by Gasteiger charge is 2.22. The van der Waals surface area contributed by atoms with Crippen LogP contribution in [0.4, 0.5) is 4.79 Å². The third-order valence-corrected chi connectivity index (χ3v) is 2.23. The van der Waals surface area contributed by atoms with E-state index in [1.165, 1.54) is 12.8 Å². The van der Waals surface area contributed by atoms with Crippen LogP contribution >= 0.6 is 0 Å². The molecule has 1 N–H and O–H groups in total. The molecule has 1 saturated heterocycles. The Kier molecular flexibility index (Phi) is 4.39. The van der Waals surface area contributed by atoms with E-state index in [1.54, 1.807) is 5.01 Å². The Labute approximate surface area is 91.9 Å². The van der Waals surface area contributed by atoms with Crippen molar-refractivity contribution in [3.05, 3.63) is 0 Å². The highest BCUT2D eigenvalue weighted by Crippen LogP contribution is 2.11. The molecule has 1 aliphatic rings. The lowest BCUT2D eigenvalue weighted by Crippen LogP contribution is -2.47. The molecule has 88 valence electrons. The van der Waals surface area contributed by atoms with Gasteiger partial charge in [-0.3, -0.25) is 0 Å². The summed E-state index contributed by atoms with van der Waals surface area (Å²) in [4.78, 5) is 11.7. The summed E-state index contributed by atoms with van der Waals surface area (Å²) < 4.78 is 5.30. The lowest BCUT2D eigenvalue weighted by Gasteiger charge is -2.28. The van der Waals surface area contributed by atoms with Gasteiger partial charge in [0.15, 0.2) is 0 Å². The number of hydrogen-bond acceptors (Lipinski definition) is 3. The smallest absolute Gasteiger partial charge is 0.424 e. The summed E-state index contributed by atoms with van der Waals surface area (Å²) in [6.07, 6.45) is 4.35. The van der Waals surface area contributed by atoms with Crippen molar-refractivity contribution in [1.29, 1.82) is 0 Å². The zero-order valence-electron chi connectivity index (χ0n) is 10.0. The number of amides is 1. The van der Waals surface area contributed by atoms with Gasteiger partial charge in [-0.05, 0) is 33.6 Å². The molecule has 1 aliphatic heterocycles. The quantitative estimate of drug-likeness (QED) is 0.672. The van der Waals surface area contributed by atoms with Crippen LogP contribution in [0.2, 0.25) is 0 Å². The number of hydrazine groups is 1. The number of ether oxygens (including phenoxy) is 1. The molecule has 1 fully saturated rings. The number of nitrogens with zero attached hydrogens (tertiary/aromatic N) is 1. The van der Waals surface area contributed by atoms with Crippen LogP contribution in [-0.2, 0) is 4.74 Å². The van der Waals surface area contributed by atoms with Gasteiger partial charge in [0.05, 0.1) is 0 Å². The van der Waals surface area contributed by atoms with Crippen LogP contribution in [0.25, 0.3) is 0 Å². The normalized spacial score (nSPS) is 19.3. The van der Waals surface area contributed by atoms with Crippen molar-refractivity contribution in [1.82, 2.24) is 10.4 Å². The van der Waals surface area contributed by atoms with Gasteiger partial charge in [0, 0.05) is 13.1 Å². The number of rotatable bonds is 0. The molecule has 0 aromatic rings. The third kappa shape index (κ3) is 5.02. The second kappa shape index (κ2) is 5.35. The number of nitrogens with one attached hydrogen (secondary N) is 1. The molecule has 0 aliphatic carbocycles. The summed E-state index contributed by atoms with van der Waals surface area (Å²) in [6.45, 7) is 7.26. The first-order valence-corrected chi connectivity index (χ1v) is 5.73. The van der Waals surface area contributed by atoms with Crippen LogP contribution in [0, 0.1) is 0 Å². The van der Waals surface area contributed by atoms with Crippen molar-refractivity contribution in [2.75, 3.05) is 13.1 Å². The summed E-state index contributed by atoms with van der Waals surface area (Å²) in [7, 11) is 0. The summed E-state index contributed by atoms with van der Waals surface area (Å²) in [6, 6.07) is 0.